The van der Waals surface area contributed by atoms with Gasteiger partial charge in [-0.15, -0.1) is 0 Å². The highest BCUT2D eigenvalue weighted by atomic mass is 35.5. The molecule has 1 fully saturated rings. The summed E-state index contributed by atoms with van der Waals surface area (Å²) in [6, 6.07) is 19.6. The Hall–Kier alpha value is -4.70. The molecule has 1 aliphatic heterocycles. The van der Waals surface area contributed by atoms with Crippen molar-refractivity contribution in [1.82, 2.24) is 15.3 Å². The molecule has 1 atom stereocenters. The summed E-state index contributed by atoms with van der Waals surface area (Å²) in [5.41, 5.74) is 13.6. The molecule has 0 spiro atoms. The van der Waals surface area contributed by atoms with Gasteiger partial charge in [0.2, 0.25) is 0 Å². The number of benzene rings is 3. The van der Waals surface area contributed by atoms with Crippen molar-refractivity contribution >= 4 is 28.7 Å². The molecule has 5 aromatic rings. The Morgan fingerprint density at radius 2 is 1.88 bits per heavy atom. The first kappa shape index (κ1) is 35.1. The van der Waals surface area contributed by atoms with E-state index in [2.05, 4.69) is 48.1 Å². The van der Waals surface area contributed by atoms with Crippen molar-refractivity contribution in [2.75, 3.05) is 24.7 Å². The molecule has 0 radical (unpaired) electrons. The predicted molar refractivity (Wildman–Crippen MR) is 192 cm³/mol. The minimum absolute atomic E-state index is 0.0779. The molecule has 1 aliphatic rings. The van der Waals surface area contributed by atoms with Crippen LogP contribution in [-0.4, -0.2) is 57.6 Å². The van der Waals surface area contributed by atoms with E-state index in [1.54, 1.807) is 24.4 Å². The zero-order valence-electron chi connectivity index (χ0n) is 28.3. The fourth-order valence-corrected chi connectivity index (χ4v) is 6.57. The van der Waals surface area contributed by atoms with Gasteiger partial charge in [-0.1, -0.05) is 35.9 Å². The van der Waals surface area contributed by atoms with Crippen LogP contribution in [0, 0.1) is 18.3 Å². The number of hydrogen-bond donors (Lipinski definition) is 4. The number of oxazole rings is 1. The van der Waals surface area contributed by atoms with E-state index >= 15 is 0 Å². The van der Waals surface area contributed by atoms with E-state index in [9.17, 15) is 15.5 Å². The highest BCUT2D eigenvalue weighted by Crippen LogP contribution is 2.37. The lowest BCUT2D eigenvalue weighted by atomic mass is 9.96. The number of aliphatic hydroxyl groups excluding tert-OH is 2. The molecule has 6 rings (SSSR count). The van der Waals surface area contributed by atoms with Crippen molar-refractivity contribution in [2.45, 2.75) is 64.6 Å². The molecule has 3 heterocycles. The number of anilines is 1. The number of halogens is 1. The average Bonchev–Trinajstić information content (AvgIpc) is 3.66. The van der Waals surface area contributed by atoms with Gasteiger partial charge in [0.05, 0.1) is 29.8 Å². The van der Waals surface area contributed by atoms with Gasteiger partial charge in [-0.2, -0.15) is 10.2 Å². The van der Waals surface area contributed by atoms with E-state index in [1.807, 2.05) is 30.3 Å². The van der Waals surface area contributed by atoms with Crippen molar-refractivity contribution < 1.29 is 24.1 Å². The van der Waals surface area contributed by atoms with Crippen LogP contribution in [0.5, 0.6) is 11.5 Å². The number of hydrogen-bond acceptors (Lipinski definition) is 11. The van der Waals surface area contributed by atoms with Crippen LogP contribution in [0.15, 0.2) is 71.4 Å². The maximum atomic E-state index is 9.53. The molecule has 2 aromatic heterocycles. The van der Waals surface area contributed by atoms with Gasteiger partial charge in [-0.3, -0.25) is 4.98 Å². The van der Waals surface area contributed by atoms with E-state index in [-0.39, 0.29) is 44.6 Å². The van der Waals surface area contributed by atoms with Crippen LogP contribution in [-0.2, 0) is 19.8 Å². The summed E-state index contributed by atoms with van der Waals surface area (Å²) >= 11 is 6.73. The molecule has 12 heteroatoms. The lowest BCUT2D eigenvalue weighted by Crippen LogP contribution is -2.38. The monoisotopic (exact) mass is 696 g/mol. The van der Waals surface area contributed by atoms with Gasteiger partial charge in [-0.25, -0.2) is 0 Å². The van der Waals surface area contributed by atoms with Crippen molar-refractivity contribution in [1.29, 1.82) is 5.26 Å². The summed E-state index contributed by atoms with van der Waals surface area (Å²) in [6.45, 7) is 7.30. The first-order valence-electron chi connectivity index (χ1n) is 16.5. The van der Waals surface area contributed by atoms with Crippen LogP contribution in [0.2, 0.25) is 5.02 Å². The highest BCUT2D eigenvalue weighted by molar-refractivity contribution is 6.32. The van der Waals surface area contributed by atoms with Crippen molar-refractivity contribution in [2.24, 2.45) is 5.73 Å². The summed E-state index contributed by atoms with van der Waals surface area (Å²) in [7, 11) is 0. The predicted octanol–water partition coefficient (Wildman–Crippen LogP) is 5.64. The van der Waals surface area contributed by atoms with Crippen molar-refractivity contribution in [3.63, 3.8) is 0 Å². The highest BCUT2D eigenvalue weighted by Gasteiger charge is 2.39. The van der Waals surface area contributed by atoms with Gasteiger partial charge in [0, 0.05) is 54.3 Å². The standard InChI is InChI=1S/C38H41ClN6O5/c1-23-27(5-4-6-31(23)26-7-8-34-33(11-26)44-37(50-34)45-18-29(41)13-38(45,2)3)22-49-36-12-35(48-21-25-9-24(14-40)15-42-16-25)28(10-32(36)39)17-43-30(19-46)20-47/h4-12,15-16,29-30,43,46-47H,13,17-22,41H2,1-3H3/t29-/m0/s1. The molecule has 11 nitrogen and oxygen atoms in total. The Labute approximate surface area is 296 Å². The quantitative estimate of drug-likeness (QED) is 0.121. The second-order valence-electron chi connectivity index (χ2n) is 13.3. The van der Waals surface area contributed by atoms with Crippen LogP contribution in [0.1, 0.15) is 48.1 Å². The first-order chi connectivity index (χ1) is 24.1. The number of rotatable bonds is 13. The Kier molecular flexibility index (Phi) is 10.6. The van der Waals surface area contributed by atoms with Crippen LogP contribution < -0.4 is 25.4 Å². The zero-order valence-corrected chi connectivity index (χ0v) is 29.1. The molecule has 0 unspecified atom stereocenters. The number of nitrogens with zero attached hydrogens (tertiary/aromatic N) is 4. The Bertz CT molecular complexity index is 2020. The number of ether oxygens (including phenoxy) is 2. The van der Waals surface area contributed by atoms with Crippen LogP contribution in [0.4, 0.5) is 6.01 Å². The van der Waals surface area contributed by atoms with Crippen LogP contribution in [0.3, 0.4) is 0 Å². The molecule has 0 amide bonds. The fraction of sp³-hybridized carbons (Fsp3) is 0.342. The van der Waals surface area contributed by atoms with Gasteiger partial charge < -0.3 is 40.1 Å². The lowest BCUT2D eigenvalue weighted by Gasteiger charge is -2.29. The minimum atomic E-state index is -0.507. The van der Waals surface area contributed by atoms with Crippen LogP contribution in [0.25, 0.3) is 22.2 Å². The Morgan fingerprint density at radius 3 is 2.62 bits per heavy atom. The van der Waals surface area contributed by atoms with Crippen LogP contribution >= 0.6 is 11.6 Å². The smallest absolute Gasteiger partial charge is 0.298 e. The lowest BCUT2D eigenvalue weighted by molar-refractivity contribution is 0.170. The molecule has 1 saturated heterocycles. The summed E-state index contributed by atoms with van der Waals surface area (Å²) in [5, 5.41) is 31.8. The van der Waals surface area contributed by atoms with Gasteiger partial charge in [0.15, 0.2) is 5.58 Å². The number of nitrogens with one attached hydrogen (secondary N) is 1. The van der Waals surface area contributed by atoms with E-state index in [0.717, 1.165) is 45.3 Å². The molecule has 260 valence electrons. The molecule has 3 aromatic carbocycles. The molecule has 0 aliphatic carbocycles. The Balaban J connectivity index is 1.22. The molecular formula is C38H41ClN6O5. The van der Waals surface area contributed by atoms with Crippen molar-refractivity contribution in [3.05, 3.63) is 99.8 Å². The SMILES string of the molecule is Cc1c(COc2cc(OCc3cncc(C#N)c3)c(CNC(CO)CO)cc2Cl)cccc1-c1ccc2oc(N3C[C@@H](N)CC3(C)C)nc2c1. The first-order valence-corrected chi connectivity index (χ1v) is 16.9. The third kappa shape index (κ3) is 7.70. The third-order valence-corrected chi connectivity index (χ3v) is 9.41. The number of nitriles is 1. The molecule has 50 heavy (non-hydrogen) atoms. The van der Waals surface area contributed by atoms with E-state index in [0.29, 0.717) is 40.2 Å². The number of aliphatic hydroxyl groups is 2. The van der Waals surface area contributed by atoms with Gasteiger partial charge in [0.25, 0.3) is 6.01 Å². The molecule has 0 saturated carbocycles. The molecule has 5 N–H and O–H groups in total. The second kappa shape index (κ2) is 15.0. The summed E-state index contributed by atoms with van der Waals surface area (Å²) in [6.07, 6.45) is 4.00. The number of pyridine rings is 1. The maximum Gasteiger partial charge on any atom is 0.298 e. The topological polar surface area (TPSA) is 163 Å². The minimum Gasteiger partial charge on any atom is -0.488 e. The number of nitrogens with two attached hydrogens (primary N) is 1. The van der Waals surface area contributed by atoms with Gasteiger partial charge in [-0.05, 0) is 73.7 Å². The van der Waals surface area contributed by atoms with Gasteiger partial charge in [0.1, 0.15) is 36.3 Å². The average molecular weight is 697 g/mol. The third-order valence-electron chi connectivity index (χ3n) is 9.11. The molecule has 0 bridgehead atoms. The van der Waals surface area contributed by atoms with Gasteiger partial charge >= 0.3 is 0 Å². The zero-order chi connectivity index (χ0) is 35.4. The number of aromatic nitrogens is 2. The summed E-state index contributed by atoms with van der Waals surface area (Å²) in [5.74, 6) is 0.931. The Morgan fingerprint density at radius 1 is 1.08 bits per heavy atom. The van der Waals surface area contributed by atoms with E-state index in [1.165, 1.54) is 6.20 Å². The molecular weight excluding hydrogens is 656 g/mol. The maximum absolute atomic E-state index is 9.53. The fourth-order valence-electron chi connectivity index (χ4n) is 6.33. The summed E-state index contributed by atoms with van der Waals surface area (Å²) < 4.78 is 18.6. The van der Waals surface area contributed by atoms with E-state index in [4.69, 9.17) is 36.2 Å². The largest absolute Gasteiger partial charge is 0.488 e. The second-order valence-corrected chi connectivity index (χ2v) is 13.7. The van der Waals surface area contributed by atoms with Crippen molar-refractivity contribution in [3.8, 4) is 28.7 Å². The normalized spacial score (nSPS) is 15.5. The van der Waals surface area contributed by atoms with E-state index < -0.39 is 6.04 Å². The summed E-state index contributed by atoms with van der Waals surface area (Å²) in [4.78, 5) is 11.1. The number of fused-ring (bicyclic) bond motifs is 1.